The molecular weight excluding hydrogens is 450 g/mol. The van der Waals surface area contributed by atoms with Crippen molar-refractivity contribution < 1.29 is 14.0 Å². The number of aromatic nitrogens is 2. The first kappa shape index (κ1) is 24.1. The van der Waals surface area contributed by atoms with E-state index in [0.717, 1.165) is 12.0 Å². The third kappa shape index (κ3) is 4.91. The number of carbonyl (C=O) groups is 2. The van der Waals surface area contributed by atoms with Gasteiger partial charge < -0.3 is 15.1 Å². The summed E-state index contributed by atoms with van der Waals surface area (Å²) < 4.78 is 6.69. The molecule has 10 heteroatoms. The molecule has 0 aliphatic carbocycles. The Morgan fingerprint density at radius 1 is 1.20 bits per heavy atom. The fraction of sp³-hybridized carbons (Fsp3) is 0.360. The van der Waals surface area contributed by atoms with Crippen molar-refractivity contribution in [2.24, 2.45) is 5.92 Å². The minimum absolute atomic E-state index is 0.00531. The molecule has 1 unspecified atom stereocenters. The van der Waals surface area contributed by atoms with Gasteiger partial charge in [0.2, 0.25) is 11.8 Å². The number of H-pyrrole nitrogens is 1. The van der Waals surface area contributed by atoms with Gasteiger partial charge in [0.15, 0.2) is 5.69 Å². The maximum atomic E-state index is 13.8. The summed E-state index contributed by atoms with van der Waals surface area (Å²) >= 11 is 0. The molecule has 1 saturated heterocycles. The lowest BCUT2D eigenvalue weighted by molar-refractivity contribution is -0.124. The minimum Gasteiger partial charge on any atom is -0.467 e. The number of hydrogen-bond acceptors (Lipinski definition) is 6. The van der Waals surface area contributed by atoms with Crippen molar-refractivity contribution in [3.05, 3.63) is 74.8 Å². The van der Waals surface area contributed by atoms with E-state index in [-0.39, 0.29) is 36.9 Å². The second-order valence-corrected chi connectivity index (χ2v) is 8.74. The van der Waals surface area contributed by atoms with Crippen molar-refractivity contribution in [2.75, 3.05) is 22.1 Å². The number of anilines is 3. The molecule has 2 aromatic heterocycles. The molecule has 1 aliphatic rings. The van der Waals surface area contributed by atoms with Gasteiger partial charge in [-0.15, -0.1) is 0 Å². The highest BCUT2D eigenvalue weighted by atomic mass is 16.3. The standard InChI is InChI=1S/C25H29N5O5/c1-3-4-11-28-22(26)21(23(32)27-25(28)34)30(15-19-6-5-12-35-19)24(33)17-13-20(31)29(14-17)18-9-7-16(2)8-10-18/h5-10,12,17H,3-4,11,13-15,26H2,1-2H3,(H,27,32,34). The van der Waals surface area contributed by atoms with Crippen molar-refractivity contribution in [3.63, 3.8) is 0 Å². The van der Waals surface area contributed by atoms with Crippen molar-refractivity contribution in [1.82, 2.24) is 9.55 Å². The predicted molar refractivity (Wildman–Crippen MR) is 132 cm³/mol. The van der Waals surface area contributed by atoms with Gasteiger partial charge in [-0.25, -0.2) is 4.79 Å². The lowest BCUT2D eigenvalue weighted by Gasteiger charge is -2.26. The molecule has 3 aromatic rings. The smallest absolute Gasteiger partial charge is 0.330 e. The maximum Gasteiger partial charge on any atom is 0.330 e. The van der Waals surface area contributed by atoms with E-state index in [4.69, 9.17) is 10.2 Å². The first-order valence-corrected chi connectivity index (χ1v) is 11.6. The number of nitrogens with two attached hydrogens (primary N) is 1. The Morgan fingerprint density at radius 2 is 1.94 bits per heavy atom. The molecule has 0 bridgehead atoms. The summed E-state index contributed by atoms with van der Waals surface area (Å²) in [7, 11) is 0. The van der Waals surface area contributed by atoms with Crippen LogP contribution in [0.4, 0.5) is 17.2 Å². The Bertz CT molecular complexity index is 1320. The number of unbranched alkanes of at least 4 members (excludes halogenated alkanes) is 1. The van der Waals surface area contributed by atoms with E-state index in [1.54, 1.807) is 17.0 Å². The van der Waals surface area contributed by atoms with Crippen molar-refractivity contribution in [2.45, 2.75) is 46.2 Å². The van der Waals surface area contributed by atoms with Crippen molar-refractivity contribution in [3.8, 4) is 0 Å². The first-order chi connectivity index (χ1) is 16.8. The van der Waals surface area contributed by atoms with Crippen LogP contribution < -0.4 is 26.8 Å². The zero-order chi connectivity index (χ0) is 25.1. The number of benzene rings is 1. The summed E-state index contributed by atoms with van der Waals surface area (Å²) in [5, 5.41) is 0. The van der Waals surface area contributed by atoms with Gasteiger partial charge in [-0.3, -0.25) is 28.8 Å². The van der Waals surface area contributed by atoms with Crippen LogP contribution in [0.25, 0.3) is 0 Å². The molecule has 1 fully saturated rings. The molecule has 0 saturated carbocycles. The normalized spacial score (nSPS) is 15.5. The molecule has 184 valence electrons. The summed E-state index contributed by atoms with van der Waals surface area (Å²) in [6.07, 6.45) is 2.94. The molecule has 0 radical (unpaired) electrons. The van der Waals surface area contributed by atoms with Crippen LogP contribution in [0, 0.1) is 12.8 Å². The molecule has 4 rings (SSSR count). The molecule has 1 aliphatic heterocycles. The lowest BCUT2D eigenvalue weighted by atomic mass is 10.1. The quantitative estimate of drug-likeness (QED) is 0.509. The number of carbonyl (C=O) groups excluding carboxylic acids is 2. The van der Waals surface area contributed by atoms with E-state index in [9.17, 15) is 19.2 Å². The number of furan rings is 1. The number of hydrogen-bond donors (Lipinski definition) is 2. The highest BCUT2D eigenvalue weighted by molar-refractivity contribution is 6.05. The number of aryl methyl sites for hydroxylation is 1. The summed E-state index contributed by atoms with van der Waals surface area (Å²) in [6.45, 7) is 4.33. The summed E-state index contributed by atoms with van der Waals surface area (Å²) in [5.41, 5.74) is 6.55. The van der Waals surface area contributed by atoms with Crippen LogP contribution in [-0.4, -0.2) is 27.9 Å². The van der Waals surface area contributed by atoms with Gasteiger partial charge in [0.1, 0.15) is 11.6 Å². The fourth-order valence-electron chi connectivity index (χ4n) is 4.27. The van der Waals surface area contributed by atoms with Gasteiger partial charge in [-0.2, -0.15) is 0 Å². The van der Waals surface area contributed by atoms with Gasteiger partial charge in [0, 0.05) is 25.2 Å². The number of aromatic amines is 1. The first-order valence-electron chi connectivity index (χ1n) is 11.6. The Balaban J connectivity index is 1.71. The third-order valence-corrected chi connectivity index (χ3v) is 6.20. The van der Waals surface area contributed by atoms with E-state index < -0.39 is 23.1 Å². The Kier molecular flexibility index (Phi) is 6.90. The van der Waals surface area contributed by atoms with Crippen LogP contribution in [0.5, 0.6) is 0 Å². The van der Waals surface area contributed by atoms with E-state index in [1.807, 2.05) is 38.1 Å². The average Bonchev–Trinajstić information content (AvgIpc) is 3.48. The summed E-state index contributed by atoms with van der Waals surface area (Å²) in [6, 6.07) is 10.8. The van der Waals surface area contributed by atoms with Crippen LogP contribution in [-0.2, 0) is 22.7 Å². The molecule has 2 amide bonds. The SMILES string of the molecule is CCCCn1c(N)c(N(Cc2ccco2)C(=O)C2CC(=O)N(c3ccc(C)cc3)C2)c(=O)[nH]c1=O. The molecule has 3 N–H and O–H groups in total. The fourth-order valence-corrected chi connectivity index (χ4v) is 4.27. The average molecular weight is 480 g/mol. The summed E-state index contributed by atoms with van der Waals surface area (Å²) in [4.78, 5) is 57.0. The second-order valence-electron chi connectivity index (χ2n) is 8.74. The Morgan fingerprint density at radius 3 is 2.60 bits per heavy atom. The molecule has 35 heavy (non-hydrogen) atoms. The zero-order valence-electron chi connectivity index (χ0n) is 19.8. The molecule has 1 aromatic carbocycles. The highest BCUT2D eigenvalue weighted by Crippen LogP contribution is 2.29. The zero-order valence-corrected chi connectivity index (χ0v) is 19.8. The molecule has 0 spiro atoms. The molecule has 3 heterocycles. The number of amides is 2. The molecule has 1 atom stereocenters. The van der Waals surface area contributed by atoms with Crippen molar-refractivity contribution >= 4 is 29.0 Å². The van der Waals surface area contributed by atoms with Crippen LogP contribution >= 0.6 is 0 Å². The number of nitrogens with one attached hydrogen (secondary N) is 1. The van der Waals surface area contributed by atoms with Crippen molar-refractivity contribution in [1.29, 1.82) is 0 Å². The van der Waals surface area contributed by atoms with E-state index in [1.165, 1.54) is 15.7 Å². The maximum absolute atomic E-state index is 13.8. The van der Waals surface area contributed by atoms with Gasteiger partial charge in [0.25, 0.3) is 5.56 Å². The van der Waals surface area contributed by atoms with Gasteiger partial charge >= 0.3 is 5.69 Å². The molecule has 10 nitrogen and oxygen atoms in total. The lowest BCUT2D eigenvalue weighted by Crippen LogP contribution is -2.43. The number of nitrogens with zero attached hydrogens (tertiary/aromatic N) is 3. The topological polar surface area (TPSA) is 135 Å². The molecular formula is C25H29N5O5. The Hall–Kier alpha value is -4.08. The highest BCUT2D eigenvalue weighted by Gasteiger charge is 2.39. The van der Waals surface area contributed by atoms with E-state index >= 15 is 0 Å². The number of nitrogen functional groups attached to an aromatic ring is 1. The van der Waals surface area contributed by atoms with Crippen LogP contribution in [0.3, 0.4) is 0 Å². The van der Waals surface area contributed by atoms with Crippen LogP contribution in [0.1, 0.15) is 37.5 Å². The minimum atomic E-state index is -0.764. The summed E-state index contributed by atoms with van der Waals surface area (Å²) in [5.74, 6) is -0.981. The van der Waals surface area contributed by atoms with E-state index in [0.29, 0.717) is 24.4 Å². The van der Waals surface area contributed by atoms with Gasteiger partial charge in [-0.1, -0.05) is 31.0 Å². The van der Waals surface area contributed by atoms with E-state index in [2.05, 4.69) is 4.98 Å². The number of rotatable bonds is 8. The predicted octanol–water partition coefficient (Wildman–Crippen LogP) is 2.41. The van der Waals surface area contributed by atoms with Gasteiger partial charge in [0.05, 0.1) is 18.7 Å². The second kappa shape index (κ2) is 10.0. The largest absolute Gasteiger partial charge is 0.467 e. The Labute approximate surface area is 202 Å². The monoisotopic (exact) mass is 479 g/mol. The van der Waals surface area contributed by atoms with Gasteiger partial charge in [-0.05, 0) is 37.6 Å². The van der Waals surface area contributed by atoms with Crippen LogP contribution in [0.2, 0.25) is 0 Å². The third-order valence-electron chi connectivity index (χ3n) is 6.20. The van der Waals surface area contributed by atoms with Crippen LogP contribution in [0.15, 0.2) is 56.7 Å².